The van der Waals surface area contributed by atoms with Gasteiger partial charge in [0.05, 0.1) is 0 Å². The number of nitrogens with one attached hydrogen (secondary N) is 1. The van der Waals surface area contributed by atoms with Crippen LogP contribution in [0, 0.1) is 0 Å². The lowest BCUT2D eigenvalue weighted by Crippen LogP contribution is -2.46. The number of carbonyl (C=O) groups excluding carboxylic acids is 1. The lowest BCUT2D eigenvalue weighted by atomic mass is 10.1. The Kier molecular flexibility index (Phi) is 4.44. The zero-order chi connectivity index (χ0) is 14.7. The molecule has 4 heteroatoms. The molecule has 1 fully saturated rings. The number of fused-ring (bicyclic) bond motifs is 1. The highest BCUT2D eigenvalue weighted by Gasteiger charge is 2.25. The molecule has 3 rings (SSSR count). The van der Waals surface area contributed by atoms with Crippen molar-refractivity contribution in [3.8, 4) is 0 Å². The molecule has 0 saturated carbocycles. The predicted octanol–water partition coefficient (Wildman–Crippen LogP) is 1.65. The zero-order valence-corrected chi connectivity index (χ0v) is 12.8. The fourth-order valence-corrected chi connectivity index (χ4v) is 3.44. The van der Waals surface area contributed by atoms with Gasteiger partial charge in [-0.3, -0.25) is 4.79 Å². The number of carbonyl (C=O) groups is 1. The summed E-state index contributed by atoms with van der Waals surface area (Å²) in [7, 11) is 0. The molecule has 1 N–H and O–H groups in total. The Labute approximate surface area is 127 Å². The monoisotopic (exact) mass is 287 g/mol. The molecule has 1 aromatic rings. The Bertz CT molecular complexity index is 497. The predicted molar refractivity (Wildman–Crippen MR) is 85.6 cm³/mol. The summed E-state index contributed by atoms with van der Waals surface area (Å²) in [5.41, 5.74) is 2.80. The Hall–Kier alpha value is -1.55. The normalized spacial score (nSPS) is 21.5. The van der Waals surface area contributed by atoms with E-state index in [-0.39, 0.29) is 0 Å². The number of piperazine rings is 1. The Morgan fingerprint density at radius 3 is 2.86 bits per heavy atom. The topological polar surface area (TPSA) is 35.6 Å². The minimum atomic E-state index is 0.316. The summed E-state index contributed by atoms with van der Waals surface area (Å²) in [6, 6.07) is 9.20. The van der Waals surface area contributed by atoms with Gasteiger partial charge in [-0.05, 0) is 31.4 Å². The van der Waals surface area contributed by atoms with Gasteiger partial charge in [0.25, 0.3) is 0 Å². The first-order valence-corrected chi connectivity index (χ1v) is 8.09. The number of hydrogen-bond donors (Lipinski definition) is 1. The molecule has 2 heterocycles. The van der Waals surface area contributed by atoms with E-state index in [0.29, 0.717) is 18.4 Å². The quantitative estimate of drug-likeness (QED) is 0.914. The van der Waals surface area contributed by atoms with Crippen molar-refractivity contribution in [3.05, 3.63) is 29.8 Å². The average Bonchev–Trinajstić information content (AvgIpc) is 2.84. The molecule has 4 nitrogen and oxygen atoms in total. The number of para-hydroxylation sites is 1. The van der Waals surface area contributed by atoms with Gasteiger partial charge in [-0.15, -0.1) is 0 Å². The Balaban J connectivity index is 1.50. The molecule has 1 aromatic carbocycles. The second-order valence-electron chi connectivity index (χ2n) is 6.11. The Morgan fingerprint density at radius 2 is 2.05 bits per heavy atom. The molecule has 0 aliphatic carbocycles. The number of nitrogens with zero attached hydrogens (tertiary/aromatic N) is 2. The van der Waals surface area contributed by atoms with Gasteiger partial charge in [-0.2, -0.15) is 0 Å². The van der Waals surface area contributed by atoms with E-state index in [1.54, 1.807) is 0 Å². The van der Waals surface area contributed by atoms with Crippen LogP contribution >= 0.6 is 0 Å². The van der Waals surface area contributed by atoms with Crippen LogP contribution in [0.25, 0.3) is 0 Å². The minimum absolute atomic E-state index is 0.316. The highest BCUT2D eigenvalue weighted by molar-refractivity contribution is 5.76. The molecule has 21 heavy (non-hydrogen) atoms. The van der Waals surface area contributed by atoms with Gasteiger partial charge in [0.2, 0.25) is 5.91 Å². The summed E-state index contributed by atoms with van der Waals surface area (Å²) in [5, 5.41) is 3.29. The standard InChI is InChI=1S/C17H25N3O/c1-14-13-15-5-2-3-6-16(15)20(14)10-4-7-17(21)19-11-8-18-9-12-19/h2-3,5-6,14,18H,4,7-13H2,1H3. The molecule has 1 amide bonds. The molecule has 114 valence electrons. The van der Waals surface area contributed by atoms with Crippen LogP contribution in [0.5, 0.6) is 0 Å². The second kappa shape index (κ2) is 6.48. The van der Waals surface area contributed by atoms with E-state index in [4.69, 9.17) is 0 Å². The van der Waals surface area contributed by atoms with Crippen LogP contribution < -0.4 is 10.2 Å². The maximum Gasteiger partial charge on any atom is 0.222 e. The molecular weight excluding hydrogens is 262 g/mol. The van der Waals surface area contributed by atoms with Crippen molar-refractivity contribution in [2.24, 2.45) is 0 Å². The van der Waals surface area contributed by atoms with Crippen LogP contribution in [0.2, 0.25) is 0 Å². The van der Waals surface area contributed by atoms with Gasteiger partial charge < -0.3 is 15.1 Å². The third-order valence-corrected chi connectivity index (χ3v) is 4.61. The minimum Gasteiger partial charge on any atom is -0.368 e. The van der Waals surface area contributed by atoms with E-state index < -0.39 is 0 Å². The van der Waals surface area contributed by atoms with Crippen molar-refractivity contribution in [2.75, 3.05) is 37.6 Å². The largest absolute Gasteiger partial charge is 0.368 e. The zero-order valence-electron chi connectivity index (χ0n) is 12.8. The number of rotatable bonds is 4. The summed E-state index contributed by atoms with van der Waals surface area (Å²) in [6.45, 7) is 6.85. The van der Waals surface area contributed by atoms with Gasteiger partial charge >= 0.3 is 0 Å². The van der Waals surface area contributed by atoms with Crippen molar-refractivity contribution in [1.29, 1.82) is 0 Å². The smallest absolute Gasteiger partial charge is 0.222 e. The van der Waals surface area contributed by atoms with Crippen LogP contribution in [0.1, 0.15) is 25.3 Å². The van der Waals surface area contributed by atoms with Crippen LogP contribution in [-0.4, -0.2) is 49.6 Å². The first-order valence-electron chi connectivity index (χ1n) is 8.09. The second-order valence-corrected chi connectivity index (χ2v) is 6.11. The first-order chi connectivity index (χ1) is 10.3. The van der Waals surface area contributed by atoms with E-state index in [1.165, 1.54) is 11.3 Å². The summed E-state index contributed by atoms with van der Waals surface area (Å²) in [5.74, 6) is 0.316. The maximum atomic E-state index is 12.2. The first kappa shape index (κ1) is 14.4. The molecular formula is C17H25N3O. The van der Waals surface area contributed by atoms with E-state index in [9.17, 15) is 4.79 Å². The fourth-order valence-electron chi connectivity index (χ4n) is 3.44. The van der Waals surface area contributed by atoms with Crippen LogP contribution in [0.3, 0.4) is 0 Å². The Morgan fingerprint density at radius 1 is 1.29 bits per heavy atom. The summed E-state index contributed by atoms with van der Waals surface area (Å²) in [4.78, 5) is 16.6. The number of benzene rings is 1. The summed E-state index contributed by atoms with van der Waals surface area (Å²) < 4.78 is 0. The van der Waals surface area contributed by atoms with E-state index in [0.717, 1.165) is 45.6 Å². The molecule has 0 bridgehead atoms. The average molecular weight is 287 g/mol. The van der Waals surface area contributed by atoms with Crippen molar-refractivity contribution in [1.82, 2.24) is 10.2 Å². The van der Waals surface area contributed by atoms with Crippen LogP contribution in [-0.2, 0) is 11.2 Å². The van der Waals surface area contributed by atoms with Crippen LogP contribution in [0.15, 0.2) is 24.3 Å². The van der Waals surface area contributed by atoms with Crippen molar-refractivity contribution in [3.63, 3.8) is 0 Å². The molecule has 0 aromatic heterocycles. The summed E-state index contributed by atoms with van der Waals surface area (Å²) in [6.07, 6.45) is 2.74. The molecule has 1 atom stereocenters. The fraction of sp³-hybridized carbons (Fsp3) is 0.588. The van der Waals surface area contributed by atoms with Gasteiger partial charge in [0.1, 0.15) is 0 Å². The van der Waals surface area contributed by atoms with E-state index in [1.807, 2.05) is 4.90 Å². The number of anilines is 1. The van der Waals surface area contributed by atoms with Gasteiger partial charge in [0.15, 0.2) is 0 Å². The lowest BCUT2D eigenvalue weighted by Gasteiger charge is -2.28. The molecule has 2 aliphatic heterocycles. The van der Waals surface area contributed by atoms with Crippen molar-refractivity contribution in [2.45, 2.75) is 32.2 Å². The number of hydrogen-bond acceptors (Lipinski definition) is 3. The molecule has 2 aliphatic rings. The highest BCUT2D eigenvalue weighted by atomic mass is 16.2. The lowest BCUT2D eigenvalue weighted by molar-refractivity contribution is -0.131. The molecule has 0 spiro atoms. The third kappa shape index (κ3) is 3.21. The highest BCUT2D eigenvalue weighted by Crippen LogP contribution is 2.31. The molecule has 0 radical (unpaired) electrons. The van der Waals surface area contributed by atoms with Crippen LogP contribution in [0.4, 0.5) is 5.69 Å². The van der Waals surface area contributed by atoms with E-state index in [2.05, 4.69) is 41.4 Å². The molecule has 1 saturated heterocycles. The number of amides is 1. The van der Waals surface area contributed by atoms with Crippen molar-refractivity contribution < 1.29 is 4.79 Å². The van der Waals surface area contributed by atoms with Gasteiger partial charge in [-0.25, -0.2) is 0 Å². The van der Waals surface area contributed by atoms with Crippen molar-refractivity contribution >= 4 is 11.6 Å². The SMILES string of the molecule is CC1Cc2ccccc2N1CCCC(=O)N1CCNCC1. The third-order valence-electron chi connectivity index (χ3n) is 4.61. The summed E-state index contributed by atoms with van der Waals surface area (Å²) >= 11 is 0. The maximum absolute atomic E-state index is 12.2. The van der Waals surface area contributed by atoms with Gasteiger partial charge in [-0.1, -0.05) is 18.2 Å². The van der Waals surface area contributed by atoms with Gasteiger partial charge in [0, 0.05) is 50.9 Å². The van der Waals surface area contributed by atoms with E-state index >= 15 is 0 Å². The molecule has 1 unspecified atom stereocenters.